The second kappa shape index (κ2) is 36.8. The van der Waals surface area contributed by atoms with Crippen LogP contribution >= 0.6 is 58.9 Å². The Morgan fingerprint density at radius 2 is 0.747 bits per heavy atom. The molecule has 2 unspecified atom stereocenters. The van der Waals surface area contributed by atoms with Crippen molar-refractivity contribution < 1.29 is 88.4 Å². The van der Waals surface area contributed by atoms with Gasteiger partial charge in [-0.3, -0.25) is 0 Å². The first-order chi connectivity index (χ1) is 39.1. The Bertz CT molecular complexity index is 2960. The van der Waals surface area contributed by atoms with Gasteiger partial charge in [-0.1, -0.05) is 78.2 Å². The Balaban J connectivity index is 0.000000411. The SMILES string of the molecule is C.CC(C)Oc1ccccc1[CH]=[Ru]([Cl])[Cl].CC(C)Oc1ccccc1[CH]=[Ru]([I])[I].Cc1cc(C)c(N2[CH-]N(c3c(C)cc(C)cc3C)C(C[N+](C)(C)C)C2)c(C)c1.Cc1cc(C)c(N2[CH-]N(c3c(C)cc(C)cc3C)C(C[N+](C)(C)C)C2)c(C)c1.[I-].[I-]. The van der Waals surface area contributed by atoms with Gasteiger partial charge in [-0.2, -0.15) is 13.3 Å². The summed E-state index contributed by atoms with van der Waals surface area (Å²) in [5.41, 5.74) is 23.9. The number of anilines is 4. The van der Waals surface area contributed by atoms with Crippen LogP contribution in [0.5, 0.6) is 11.5 Å². The van der Waals surface area contributed by atoms with Gasteiger partial charge in [0.25, 0.3) is 0 Å². The van der Waals surface area contributed by atoms with Gasteiger partial charge in [-0.25, -0.2) is 0 Å². The number of hydrogen-bond acceptors (Lipinski definition) is 6. The van der Waals surface area contributed by atoms with E-state index in [9.17, 15) is 0 Å². The second-order valence-electron chi connectivity index (χ2n) is 25.6. The summed E-state index contributed by atoms with van der Waals surface area (Å²) in [5, 5.41) is 0. The van der Waals surface area contributed by atoms with Gasteiger partial charge >= 0.3 is 211 Å². The normalized spacial score (nSPS) is 14.9. The van der Waals surface area contributed by atoms with Crippen molar-refractivity contribution in [2.45, 2.75) is 142 Å². The predicted molar refractivity (Wildman–Crippen MR) is 385 cm³/mol. The fraction of sp³-hybridized carbons (Fsp3) is 0.437. The van der Waals surface area contributed by atoms with Crippen molar-refractivity contribution in [1.82, 2.24) is 0 Å². The van der Waals surface area contributed by atoms with Crippen molar-refractivity contribution in [1.29, 1.82) is 0 Å². The summed E-state index contributed by atoms with van der Waals surface area (Å²) in [5.74, 6) is 1.86. The van der Waals surface area contributed by atoms with Gasteiger partial charge in [0.1, 0.15) is 0 Å². The summed E-state index contributed by atoms with van der Waals surface area (Å²) >= 11 is 3.26. The standard InChI is InChI=1S/2C25H37N3.2C10H12O.CH4.2ClH.4HI.2Ru/c2*1-17-10-19(3)24(20(4)11-17)26-14-23(15-28(7,8)9)27(16-26)25-21(5)12-18(2)13-22(25)6;2*1-8(2)11-10-7-5-4-6-9(10)3;;;;;;;;;/h2*10-13,16,23H,14-15H2,1-9H3;2*3-8H,1-2H3;1H4;6*1H;;/q;;;;;;;;;;;2*+2/p-6. The second-order valence-corrected chi connectivity index (χ2v) is 51.2. The van der Waals surface area contributed by atoms with Crippen LogP contribution in [0.3, 0.4) is 0 Å². The third-order valence-corrected chi connectivity index (χ3v) is 19.6. The zero-order valence-electron chi connectivity index (χ0n) is 55.2. The number of rotatable bonds is 14. The van der Waals surface area contributed by atoms with E-state index in [2.05, 4.69) is 277 Å². The van der Waals surface area contributed by atoms with E-state index >= 15 is 0 Å². The Hall–Kier alpha value is -1.47. The molecule has 2 atom stereocenters. The number of benzene rings is 6. The summed E-state index contributed by atoms with van der Waals surface area (Å²) in [4.78, 5) is 10.0. The van der Waals surface area contributed by atoms with Crippen molar-refractivity contribution >= 4 is 90.9 Å². The van der Waals surface area contributed by atoms with Crippen molar-refractivity contribution in [3.05, 3.63) is 188 Å². The molecule has 0 aromatic heterocycles. The van der Waals surface area contributed by atoms with Crippen LogP contribution in [0.15, 0.2) is 97.1 Å². The molecule has 0 radical (unpaired) electrons. The maximum atomic E-state index is 5.82. The number of ether oxygens (including phenoxy) is 2. The molecule has 2 aliphatic rings. The molecule has 0 saturated carbocycles. The molecular weight excluding hydrogens is 1750 g/mol. The summed E-state index contributed by atoms with van der Waals surface area (Å²) in [6.45, 7) is 43.7. The van der Waals surface area contributed by atoms with Crippen LogP contribution in [-0.4, -0.2) is 111 Å². The van der Waals surface area contributed by atoms with Crippen molar-refractivity contribution in [3.8, 4) is 11.5 Å². The molecule has 0 bridgehead atoms. The quantitative estimate of drug-likeness (QED) is 0.0468. The number of nitrogens with zero attached hydrogens (tertiary/aromatic N) is 6. The summed E-state index contributed by atoms with van der Waals surface area (Å²) in [6.07, 6.45) is 0.407. The number of likely N-dealkylation sites (N-methyl/N-ethyl adjacent to an activating group) is 2. The molecule has 0 spiro atoms. The van der Waals surface area contributed by atoms with Gasteiger partial charge in [0.15, 0.2) is 0 Å². The molecule has 8 rings (SSSR count). The molecule has 6 aromatic rings. The fourth-order valence-electron chi connectivity index (χ4n) is 12.0. The zero-order valence-corrected chi connectivity index (χ0v) is 68.8. The van der Waals surface area contributed by atoms with Gasteiger partial charge in [0, 0.05) is 35.8 Å². The van der Waals surface area contributed by atoms with Crippen LogP contribution in [0.2, 0.25) is 0 Å². The van der Waals surface area contributed by atoms with Gasteiger partial charge in [0.2, 0.25) is 0 Å². The van der Waals surface area contributed by atoms with E-state index in [-0.39, 0.29) is 67.6 Å². The van der Waals surface area contributed by atoms with E-state index < -0.39 is 22.0 Å². The number of hydrogen-bond donors (Lipinski definition) is 0. The number of halogens is 6. The maximum Gasteiger partial charge on any atom is 0.0979 e. The molecule has 16 heteroatoms. The van der Waals surface area contributed by atoms with E-state index in [1.165, 1.54) is 95.1 Å². The summed E-state index contributed by atoms with van der Waals surface area (Å²) in [6, 6.07) is 35.4. The monoisotopic (exact) mass is 1850 g/mol. The van der Waals surface area contributed by atoms with Crippen LogP contribution in [0.1, 0.15) is 113 Å². The first-order valence-electron chi connectivity index (χ1n) is 29.0. The number of quaternary nitrogens is 2. The molecule has 0 aliphatic carbocycles. The molecule has 0 amide bonds. The van der Waals surface area contributed by atoms with E-state index in [0.29, 0.717) is 12.1 Å². The minimum absolute atomic E-state index is 0. The third kappa shape index (κ3) is 25.4. The summed E-state index contributed by atoms with van der Waals surface area (Å²) in [7, 11) is 24.6. The molecule has 488 valence electrons. The first-order valence-corrected chi connectivity index (χ1v) is 45.8. The Labute approximate surface area is 602 Å². The molecule has 2 aliphatic heterocycles. The molecular formula is C71H102Cl2I4N6O2Ru2-2. The average Bonchev–Trinajstić information content (AvgIpc) is 1.74. The Morgan fingerprint density at radius 3 is 1.00 bits per heavy atom. The van der Waals surface area contributed by atoms with Crippen LogP contribution in [0.25, 0.3) is 0 Å². The summed E-state index contributed by atoms with van der Waals surface area (Å²) < 4.78 is 17.5. The molecule has 8 nitrogen and oxygen atoms in total. The van der Waals surface area contributed by atoms with E-state index in [0.717, 1.165) is 52.2 Å². The molecule has 87 heavy (non-hydrogen) atoms. The van der Waals surface area contributed by atoms with Crippen LogP contribution in [0.4, 0.5) is 22.7 Å². The average molecular weight is 1850 g/mol. The van der Waals surface area contributed by atoms with Crippen LogP contribution in [-0.2, 0) is 22.0 Å². The van der Waals surface area contributed by atoms with Crippen molar-refractivity contribution in [3.63, 3.8) is 0 Å². The largest absolute Gasteiger partial charge is 1.00 e. The number of para-hydroxylation sites is 2. The molecule has 2 heterocycles. The van der Waals surface area contributed by atoms with Gasteiger partial charge in [0.05, 0.1) is 67.5 Å². The van der Waals surface area contributed by atoms with Gasteiger partial charge < -0.3 is 76.5 Å². The van der Waals surface area contributed by atoms with Crippen molar-refractivity contribution in [2.75, 3.05) is 88.1 Å². The predicted octanol–water partition coefficient (Wildman–Crippen LogP) is 12.3. The van der Waals surface area contributed by atoms with Crippen LogP contribution in [0, 0.1) is 96.4 Å². The molecule has 2 saturated heterocycles. The van der Waals surface area contributed by atoms with E-state index in [1.54, 1.807) is 0 Å². The molecule has 2 fully saturated rings. The topological polar surface area (TPSA) is 31.4 Å². The minimum Gasteiger partial charge on any atom is -1.00 e. The van der Waals surface area contributed by atoms with Gasteiger partial charge in [-0.05, 0) is 128 Å². The molecule has 6 aromatic carbocycles. The number of aryl methyl sites for hydroxylation is 12. The Morgan fingerprint density at radius 1 is 0.483 bits per heavy atom. The fourth-order valence-corrected chi connectivity index (χ4v) is 17.4. The van der Waals surface area contributed by atoms with Crippen molar-refractivity contribution in [2.24, 2.45) is 0 Å². The Kier molecular flexibility index (Phi) is 34.6. The van der Waals surface area contributed by atoms with Crippen LogP contribution < -0.4 is 77.0 Å². The van der Waals surface area contributed by atoms with E-state index in [4.69, 9.17) is 28.9 Å². The van der Waals surface area contributed by atoms with Gasteiger partial charge in [-0.15, -0.1) is 0 Å². The maximum absolute atomic E-state index is 5.82. The minimum atomic E-state index is -1.77. The van der Waals surface area contributed by atoms with E-state index in [1.807, 2.05) is 54.9 Å². The smallest absolute Gasteiger partial charge is 0.0979 e. The zero-order chi connectivity index (χ0) is 62.7. The molecule has 0 N–H and O–H groups in total. The first kappa shape index (κ1) is 81.6. The third-order valence-electron chi connectivity index (χ3n) is 14.2.